The molecule has 25 heavy (non-hydrogen) atoms. The maximum absolute atomic E-state index is 12.0. The summed E-state index contributed by atoms with van der Waals surface area (Å²) in [6.45, 7) is 7.34. The number of amides is 3. The fourth-order valence-electron chi connectivity index (χ4n) is 1.92. The average Bonchev–Trinajstić information content (AvgIpc) is 2.47. The highest BCUT2D eigenvalue weighted by atomic mass is 16.6. The summed E-state index contributed by atoms with van der Waals surface area (Å²) in [4.78, 5) is 36.8. The van der Waals surface area contributed by atoms with Crippen molar-refractivity contribution < 1.29 is 19.1 Å². The standard InChI is InChI=1S/C18H27N3O4/c1-13-6-8-14(9-7-13)20-15(22)12-21(5)16(23)10-11-19-17(24)25-18(2,3)4/h6-9H,10-12H2,1-5H3,(H,19,24)(H,20,22). The number of rotatable bonds is 6. The van der Waals surface area contributed by atoms with Gasteiger partial charge in [-0.25, -0.2) is 4.79 Å². The molecule has 0 aliphatic carbocycles. The van der Waals surface area contributed by atoms with Gasteiger partial charge >= 0.3 is 6.09 Å². The molecule has 2 N–H and O–H groups in total. The molecule has 0 saturated heterocycles. The monoisotopic (exact) mass is 349 g/mol. The Hall–Kier alpha value is -2.57. The third-order valence-electron chi connectivity index (χ3n) is 3.15. The molecule has 138 valence electrons. The summed E-state index contributed by atoms with van der Waals surface area (Å²) in [6.07, 6.45) is -0.479. The summed E-state index contributed by atoms with van der Waals surface area (Å²) in [5.74, 6) is -0.519. The number of likely N-dealkylation sites (N-methyl/N-ethyl adjacent to an activating group) is 1. The van der Waals surface area contributed by atoms with Crippen molar-refractivity contribution in [3.63, 3.8) is 0 Å². The molecule has 7 nitrogen and oxygen atoms in total. The smallest absolute Gasteiger partial charge is 0.407 e. The lowest BCUT2D eigenvalue weighted by Crippen LogP contribution is -2.38. The molecule has 1 aromatic carbocycles. The maximum atomic E-state index is 12.0. The van der Waals surface area contributed by atoms with Crippen LogP contribution < -0.4 is 10.6 Å². The van der Waals surface area contributed by atoms with Gasteiger partial charge in [0.05, 0.1) is 6.54 Å². The van der Waals surface area contributed by atoms with Crippen molar-refractivity contribution in [2.75, 3.05) is 25.5 Å². The molecule has 0 heterocycles. The van der Waals surface area contributed by atoms with E-state index in [2.05, 4.69) is 10.6 Å². The van der Waals surface area contributed by atoms with E-state index in [0.717, 1.165) is 5.56 Å². The second-order valence-corrected chi connectivity index (χ2v) is 6.84. The number of alkyl carbamates (subject to hydrolysis) is 1. The molecule has 0 bridgehead atoms. The molecule has 0 aromatic heterocycles. The lowest BCUT2D eigenvalue weighted by molar-refractivity contribution is -0.133. The van der Waals surface area contributed by atoms with Crippen molar-refractivity contribution in [3.05, 3.63) is 29.8 Å². The van der Waals surface area contributed by atoms with Crippen LogP contribution in [0, 0.1) is 6.92 Å². The molecule has 0 aliphatic heterocycles. The van der Waals surface area contributed by atoms with Gasteiger partial charge in [-0.3, -0.25) is 9.59 Å². The van der Waals surface area contributed by atoms with E-state index in [1.54, 1.807) is 40.0 Å². The zero-order valence-electron chi connectivity index (χ0n) is 15.5. The fraction of sp³-hybridized carbons (Fsp3) is 0.500. The molecular formula is C18H27N3O4. The van der Waals surface area contributed by atoms with Crippen molar-refractivity contribution in [2.45, 2.75) is 39.7 Å². The first-order chi connectivity index (χ1) is 11.6. The molecule has 3 amide bonds. The second-order valence-electron chi connectivity index (χ2n) is 6.84. The zero-order chi connectivity index (χ0) is 19.0. The molecule has 0 aliphatic rings. The average molecular weight is 349 g/mol. The summed E-state index contributed by atoms with van der Waals surface area (Å²) in [5, 5.41) is 5.25. The highest BCUT2D eigenvalue weighted by Gasteiger charge is 2.17. The Morgan fingerprint density at radius 1 is 1.12 bits per heavy atom. The number of carbonyl (C=O) groups excluding carboxylic acids is 3. The lowest BCUT2D eigenvalue weighted by Gasteiger charge is -2.20. The minimum absolute atomic E-state index is 0.0564. The van der Waals surface area contributed by atoms with Gasteiger partial charge < -0.3 is 20.3 Å². The molecule has 0 spiro atoms. The van der Waals surface area contributed by atoms with Crippen molar-refractivity contribution in [2.24, 2.45) is 0 Å². The van der Waals surface area contributed by atoms with Gasteiger partial charge in [-0.1, -0.05) is 17.7 Å². The lowest BCUT2D eigenvalue weighted by atomic mass is 10.2. The first kappa shape index (κ1) is 20.5. The van der Waals surface area contributed by atoms with Crippen LogP contribution in [0.15, 0.2) is 24.3 Å². The first-order valence-corrected chi connectivity index (χ1v) is 8.14. The number of hydrogen-bond donors (Lipinski definition) is 2. The number of ether oxygens (including phenoxy) is 1. The summed E-state index contributed by atoms with van der Waals surface area (Å²) in [5.41, 5.74) is 1.20. The zero-order valence-corrected chi connectivity index (χ0v) is 15.5. The third kappa shape index (κ3) is 8.74. The fourth-order valence-corrected chi connectivity index (χ4v) is 1.92. The number of benzene rings is 1. The SMILES string of the molecule is Cc1ccc(NC(=O)CN(C)C(=O)CCNC(=O)OC(C)(C)C)cc1. The van der Waals surface area contributed by atoms with Gasteiger partial charge in [-0.05, 0) is 39.8 Å². The van der Waals surface area contributed by atoms with E-state index in [0.29, 0.717) is 5.69 Å². The van der Waals surface area contributed by atoms with E-state index in [-0.39, 0.29) is 31.3 Å². The van der Waals surface area contributed by atoms with E-state index in [4.69, 9.17) is 4.74 Å². The Bertz CT molecular complexity index is 606. The van der Waals surface area contributed by atoms with E-state index >= 15 is 0 Å². The number of anilines is 1. The number of nitrogens with zero attached hydrogens (tertiary/aromatic N) is 1. The van der Waals surface area contributed by atoms with Crippen LogP contribution in [0.2, 0.25) is 0 Å². The maximum Gasteiger partial charge on any atom is 0.407 e. The van der Waals surface area contributed by atoms with Gasteiger partial charge in [-0.15, -0.1) is 0 Å². The number of aryl methyl sites for hydroxylation is 1. The van der Waals surface area contributed by atoms with E-state index in [1.165, 1.54) is 4.90 Å². The predicted octanol–water partition coefficient (Wildman–Crippen LogP) is 2.31. The van der Waals surface area contributed by atoms with Crippen LogP contribution in [0.1, 0.15) is 32.8 Å². The van der Waals surface area contributed by atoms with E-state index < -0.39 is 11.7 Å². The summed E-state index contributed by atoms with van der Waals surface area (Å²) < 4.78 is 5.08. The van der Waals surface area contributed by atoms with Crippen LogP contribution >= 0.6 is 0 Å². The molecule has 0 unspecified atom stereocenters. The highest BCUT2D eigenvalue weighted by molar-refractivity contribution is 5.94. The van der Waals surface area contributed by atoms with Crippen LogP contribution in [0.25, 0.3) is 0 Å². The molecule has 0 saturated carbocycles. The largest absolute Gasteiger partial charge is 0.444 e. The predicted molar refractivity (Wildman–Crippen MR) is 96.3 cm³/mol. The molecule has 1 aromatic rings. The van der Waals surface area contributed by atoms with Crippen LogP contribution in [-0.4, -0.2) is 48.5 Å². The Morgan fingerprint density at radius 2 is 1.72 bits per heavy atom. The number of hydrogen-bond acceptors (Lipinski definition) is 4. The van der Waals surface area contributed by atoms with Crippen LogP contribution in [0.3, 0.4) is 0 Å². The third-order valence-corrected chi connectivity index (χ3v) is 3.15. The number of carbonyl (C=O) groups is 3. The van der Waals surface area contributed by atoms with Gasteiger partial charge in [0.25, 0.3) is 0 Å². The summed E-state index contributed by atoms with van der Waals surface area (Å²) >= 11 is 0. The van der Waals surface area contributed by atoms with Crippen LogP contribution in [0.5, 0.6) is 0 Å². The topological polar surface area (TPSA) is 87.7 Å². The van der Waals surface area contributed by atoms with Gasteiger partial charge in [0.1, 0.15) is 5.60 Å². The van der Waals surface area contributed by atoms with Crippen molar-refractivity contribution >= 4 is 23.6 Å². The molecular weight excluding hydrogens is 322 g/mol. The van der Waals surface area contributed by atoms with Gasteiger partial charge in [0.2, 0.25) is 11.8 Å². The van der Waals surface area contributed by atoms with Gasteiger partial charge in [0.15, 0.2) is 0 Å². The molecule has 0 radical (unpaired) electrons. The molecule has 7 heteroatoms. The Morgan fingerprint density at radius 3 is 2.28 bits per heavy atom. The normalized spacial score (nSPS) is 10.8. The number of nitrogens with one attached hydrogen (secondary N) is 2. The second kappa shape index (κ2) is 9.05. The van der Waals surface area contributed by atoms with Gasteiger partial charge in [-0.2, -0.15) is 0 Å². The molecule has 1 rings (SSSR count). The Balaban J connectivity index is 2.32. The minimum Gasteiger partial charge on any atom is -0.444 e. The van der Waals surface area contributed by atoms with Gasteiger partial charge in [0, 0.05) is 25.7 Å². The van der Waals surface area contributed by atoms with Crippen molar-refractivity contribution in [1.29, 1.82) is 0 Å². The first-order valence-electron chi connectivity index (χ1n) is 8.14. The summed E-state index contributed by atoms with van der Waals surface area (Å²) in [7, 11) is 1.55. The van der Waals surface area contributed by atoms with E-state index in [9.17, 15) is 14.4 Å². The highest BCUT2D eigenvalue weighted by Crippen LogP contribution is 2.08. The van der Waals surface area contributed by atoms with Crippen LogP contribution in [-0.2, 0) is 14.3 Å². The molecule has 0 fully saturated rings. The Labute approximate surface area is 148 Å². The van der Waals surface area contributed by atoms with Crippen LogP contribution in [0.4, 0.5) is 10.5 Å². The van der Waals surface area contributed by atoms with Crippen molar-refractivity contribution in [3.8, 4) is 0 Å². The Kier molecular flexibility index (Phi) is 7.42. The minimum atomic E-state index is -0.584. The van der Waals surface area contributed by atoms with Crippen molar-refractivity contribution in [1.82, 2.24) is 10.2 Å². The van der Waals surface area contributed by atoms with E-state index in [1.807, 2.05) is 19.1 Å². The summed E-state index contributed by atoms with van der Waals surface area (Å²) in [6, 6.07) is 7.40. The molecule has 0 atom stereocenters. The quantitative estimate of drug-likeness (QED) is 0.825.